The summed E-state index contributed by atoms with van der Waals surface area (Å²) in [7, 11) is 1.67. The maximum atomic E-state index is 13.4. The topological polar surface area (TPSA) is 98.7 Å². The van der Waals surface area contributed by atoms with E-state index in [2.05, 4.69) is 17.6 Å². The molecule has 0 spiro atoms. The first-order valence-corrected chi connectivity index (χ1v) is 10.5. The molecule has 0 aromatic heterocycles. The number of nitrogens with zero attached hydrogens (tertiary/aromatic N) is 1. The van der Waals surface area contributed by atoms with Crippen LogP contribution in [-0.2, 0) is 14.4 Å². The SMILES string of the molecule is C.C/C(=C\[C@H](C(C)C)N(C)C(=O)[C@@H](NC(=O)[C@H]1C[C@H](C)CCN1)C(C)(C)C)C(=O)O. The Balaban J connectivity index is 0.00000841. The molecular weight excluding hydrogens is 382 g/mol. The predicted octanol–water partition coefficient (Wildman–Crippen LogP) is 3.06. The number of carbonyl (C=O) groups is 3. The van der Waals surface area contributed by atoms with Gasteiger partial charge < -0.3 is 20.6 Å². The third kappa shape index (κ3) is 7.74. The smallest absolute Gasteiger partial charge is 0.331 e. The molecule has 1 aliphatic rings. The lowest BCUT2D eigenvalue weighted by molar-refractivity contribution is -0.140. The Labute approximate surface area is 182 Å². The molecule has 7 nitrogen and oxygen atoms in total. The van der Waals surface area contributed by atoms with Crippen LogP contribution in [0.3, 0.4) is 0 Å². The first kappa shape index (κ1) is 28.1. The van der Waals surface area contributed by atoms with E-state index in [-0.39, 0.29) is 42.8 Å². The van der Waals surface area contributed by atoms with Gasteiger partial charge in [-0.25, -0.2) is 4.79 Å². The Kier molecular flexibility index (Phi) is 10.8. The molecule has 0 aliphatic carbocycles. The van der Waals surface area contributed by atoms with E-state index in [0.29, 0.717) is 5.92 Å². The fraction of sp³-hybridized carbons (Fsp3) is 0.783. The molecule has 3 N–H and O–H groups in total. The average molecular weight is 426 g/mol. The van der Waals surface area contributed by atoms with Gasteiger partial charge in [0.25, 0.3) is 0 Å². The summed E-state index contributed by atoms with van der Waals surface area (Å²) in [6, 6.07) is -1.39. The Morgan fingerprint density at radius 3 is 2.23 bits per heavy atom. The minimum Gasteiger partial charge on any atom is -0.478 e. The van der Waals surface area contributed by atoms with E-state index in [1.165, 1.54) is 6.92 Å². The van der Waals surface area contributed by atoms with Crippen LogP contribution in [0.4, 0.5) is 0 Å². The third-order valence-electron chi connectivity index (χ3n) is 5.62. The third-order valence-corrected chi connectivity index (χ3v) is 5.62. The summed E-state index contributed by atoms with van der Waals surface area (Å²) in [6.45, 7) is 14.1. The van der Waals surface area contributed by atoms with Crippen molar-refractivity contribution in [2.24, 2.45) is 17.3 Å². The maximum absolute atomic E-state index is 13.4. The number of likely N-dealkylation sites (N-methyl/N-ethyl adjacent to an activating group) is 1. The molecule has 0 aromatic rings. The van der Waals surface area contributed by atoms with Gasteiger partial charge in [0.15, 0.2) is 0 Å². The number of aliphatic carboxylic acids is 1. The molecule has 1 heterocycles. The van der Waals surface area contributed by atoms with Crippen LogP contribution < -0.4 is 10.6 Å². The van der Waals surface area contributed by atoms with Crippen LogP contribution in [0.2, 0.25) is 0 Å². The molecule has 1 fully saturated rings. The summed E-state index contributed by atoms with van der Waals surface area (Å²) in [5, 5.41) is 15.4. The van der Waals surface area contributed by atoms with Gasteiger partial charge in [0.2, 0.25) is 11.8 Å². The summed E-state index contributed by atoms with van der Waals surface area (Å²) in [4.78, 5) is 39.1. The van der Waals surface area contributed by atoms with Gasteiger partial charge in [-0.1, -0.05) is 55.0 Å². The van der Waals surface area contributed by atoms with Gasteiger partial charge >= 0.3 is 5.97 Å². The van der Waals surface area contributed by atoms with Crippen molar-refractivity contribution in [3.8, 4) is 0 Å². The van der Waals surface area contributed by atoms with E-state index in [1.54, 1.807) is 18.0 Å². The zero-order valence-electron chi connectivity index (χ0n) is 19.2. The molecule has 0 bridgehead atoms. The van der Waals surface area contributed by atoms with Crippen LogP contribution in [0.1, 0.15) is 68.7 Å². The fourth-order valence-electron chi connectivity index (χ4n) is 3.63. The second-order valence-corrected chi connectivity index (χ2v) is 9.78. The molecule has 174 valence electrons. The monoisotopic (exact) mass is 425 g/mol. The number of hydrogen-bond donors (Lipinski definition) is 3. The molecule has 7 heteroatoms. The van der Waals surface area contributed by atoms with Crippen molar-refractivity contribution in [3.05, 3.63) is 11.6 Å². The highest BCUT2D eigenvalue weighted by Crippen LogP contribution is 2.24. The second-order valence-electron chi connectivity index (χ2n) is 9.78. The maximum Gasteiger partial charge on any atom is 0.331 e. The van der Waals surface area contributed by atoms with Crippen molar-refractivity contribution in [1.82, 2.24) is 15.5 Å². The Morgan fingerprint density at radius 2 is 1.80 bits per heavy atom. The predicted molar refractivity (Wildman–Crippen MR) is 121 cm³/mol. The lowest BCUT2D eigenvalue weighted by Gasteiger charge is -2.38. The summed E-state index contributed by atoms with van der Waals surface area (Å²) < 4.78 is 0. The molecule has 1 aliphatic heterocycles. The van der Waals surface area contributed by atoms with Gasteiger partial charge in [-0.3, -0.25) is 9.59 Å². The van der Waals surface area contributed by atoms with Gasteiger partial charge in [-0.05, 0) is 43.6 Å². The second kappa shape index (κ2) is 11.5. The van der Waals surface area contributed by atoms with E-state index in [4.69, 9.17) is 0 Å². The molecule has 0 radical (unpaired) electrons. The minimum atomic E-state index is -1.00. The molecule has 1 rings (SSSR count). The number of amides is 2. The van der Waals surface area contributed by atoms with E-state index >= 15 is 0 Å². The van der Waals surface area contributed by atoms with Crippen LogP contribution in [0.5, 0.6) is 0 Å². The minimum absolute atomic E-state index is 0. The molecular formula is C23H43N3O4. The lowest BCUT2D eigenvalue weighted by atomic mass is 9.84. The molecule has 0 saturated carbocycles. The Bertz CT molecular complexity index is 637. The Morgan fingerprint density at radius 1 is 1.23 bits per heavy atom. The first-order valence-electron chi connectivity index (χ1n) is 10.5. The number of carboxylic acid groups (broad SMARTS) is 1. The highest BCUT2D eigenvalue weighted by Gasteiger charge is 2.38. The van der Waals surface area contributed by atoms with Crippen molar-refractivity contribution >= 4 is 17.8 Å². The van der Waals surface area contributed by atoms with Crippen molar-refractivity contribution in [3.63, 3.8) is 0 Å². The van der Waals surface area contributed by atoms with Gasteiger partial charge in [0, 0.05) is 12.6 Å². The Hall–Kier alpha value is -1.89. The van der Waals surface area contributed by atoms with Gasteiger partial charge in [-0.2, -0.15) is 0 Å². The number of rotatable bonds is 7. The molecule has 30 heavy (non-hydrogen) atoms. The molecule has 4 atom stereocenters. The number of piperidine rings is 1. The van der Waals surface area contributed by atoms with E-state index < -0.39 is 17.4 Å². The first-order chi connectivity index (χ1) is 13.3. The van der Waals surface area contributed by atoms with Crippen LogP contribution in [0.25, 0.3) is 0 Å². The quantitative estimate of drug-likeness (QED) is 0.545. The number of carbonyl (C=O) groups excluding carboxylic acids is 2. The lowest BCUT2D eigenvalue weighted by Crippen LogP contribution is -2.59. The van der Waals surface area contributed by atoms with Crippen LogP contribution in [0, 0.1) is 17.3 Å². The van der Waals surface area contributed by atoms with Gasteiger partial charge in [0.05, 0.1) is 12.1 Å². The summed E-state index contributed by atoms with van der Waals surface area (Å²) in [5.74, 6) is -0.891. The van der Waals surface area contributed by atoms with Crippen LogP contribution >= 0.6 is 0 Å². The fourth-order valence-corrected chi connectivity index (χ4v) is 3.63. The molecule has 0 unspecified atom stereocenters. The van der Waals surface area contributed by atoms with E-state index in [9.17, 15) is 19.5 Å². The van der Waals surface area contributed by atoms with Crippen LogP contribution in [0.15, 0.2) is 11.6 Å². The van der Waals surface area contributed by atoms with Crippen molar-refractivity contribution in [2.75, 3.05) is 13.6 Å². The molecule has 0 aromatic carbocycles. The number of nitrogens with one attached hydrogen (secondary N) is 2. The molecule has 1 saturated heterocycles. The van der Waals surface area contributed by atoms with Gasteiger partial charge in [0.1, 0.15) is 6.04 Å². The standard InChI is InChI=1S/C22H39N3O4.CH4/c1-13(2)17(12-15(4)21(28)29)25(8)20(27)18(22(5,6)7)24-19(26)16-11-14(3)9-10-23-16;/h12-14,16-18,23H,9-11H2,1-8H3,(H,24,26)(H,28,29);1H4/b15-12+;/t14-,16-,17-,18-;/m1./s1. The summed E-state index contributed by atoms with van der Waals surface area (Å²) in [5.41, 5.74) is -0.297. The zero-order valence-corrected chi connectivity index (χ0v) is 19.2. The average Bonchev–Trinajstić information content (AvgIpc) is 2.61. The highest BCUT2D eigenvalue weighted by atomic mass is 16.4. The summed E-state index contributed by atoms with van der Waals surface area (Å²) >= 11 is 0. The van der Waals surface area contributed by atoms with Crippen LogP contribution in [-0.4, -0.2) is 59.5 Å². The van der Waals surface area contributed by atoms with Crippen molar-refractivity contribution in [1.29, 1.82) is 0 Å². The summed E-state index contributed by atoms with van der Waals surface area (Å²) in [6.07, 6.45) is 3.40. The van der Waals surface area contributed by atoms with Gasteiger partial charge in [-0.15, -0.1) is 0 Å². The molecule has 2 amide bonds. The zero-order chi connectivity index (χ0) is 22.5. The number of carboxylic acids is 1. The number of hydrogen-bond acceptors (Lipinski definition) is 4. The van der Waals surface area contributed by atoms with E-state index in [0.717, 1.165) is 19.4 Å². The van der Waals surface area contributed by atoms with Crippen molar-refractivity contribution < 1.29 is 19.5 Å². The van der Waals surface area contributed by atoms with E-state index in [1.807, 2.05) is 34.6 Å². The largest absolute Gasteiger partial charge is 0.478 e. The van der Waals surface area contributed by atoms with Crippen molar-refractivity contribution in [2.45, 2.75) is 86.9 Å². The highest BCUT2D eigenvalue weighted by molar-refractivity contribution is 5.91. The normalized spacial score (nSPS) is 22.0.